The molecule has 5 nitrogen and oxygen atoms in total. The molecular formula is C17H13ClN2O3. The van der Waals surface area contributed by atoms with Crippen LogP contribution in [0.25, 0.3) is 5.57 Å². The zero-order valence-electron chi connectivity index (χ0n) is 12.2. The molecule has 0 aliphatic carbocycles. The summed E-state index contributed by atoms with van der Waals surface area (Å²) in [6, 6.07) is 11.6. The van der Waals surface area contributed by atoms with Gasteiger partial charge in [-0.15, -0.1) is 0 Å². The average Bonchev–Trinajstić information content (AvgIpc) is 2.84. The van der Waals surface area contributed by atoms with Crippen LogP contribution in [0.3, 0.4) is 0 Å². The molecule has 0 atom stereocenters. The molecule has 6 heteroatoms. The highest BCUT2D eigenvalue weighted by molar-refractivity contribution is 6.32. The summed E-state index contributed by atoms with van der Waals surface area (Å²) in [4.78, 5) is 23.4. The van der Waals surface area contributed by atoms with Crippen molar-refractivity contribution in [3.05, 3.63) is 64.3 Å². The second-order valence-corrected chi connectivity index (χ2v) is 5.59. The smallest absolute Gasteiger partial charge is 0.335 e. The van der Waals surface area contributed by atoms with Gasteiger partial charge in [-0.2, -0.15) is 0 Å². The van der Waals surface area contributed by atoms with Crippen molar-refractivity contribution in [1.82, 2.24) is 0 Å². The maximum atomic E-state index is 12.2. The van der Waals surface area contributed by atoms with Crippen LogP contribution in [0.15, 0.2) is 48.2 Å². The monoisotopic (exact) mass is 328 g/mol. The van der Waals surface area contributed by atoms with E-state index in [4.69, 9.17) is 16.7 Å². The van der Waals surface area contributed by atoms with Crippen molar-refractivity contribution < 1.29 is 14.7 Å². The fraction of sp³-hybridized carbons (Fsp3) is 0.0588. The van der Waals surface area contributed by atoms with Gasteiger partial charge in [-0.25, -0.2) is 4.79 Å². The normalized spacial score (nSPS) is 15.0. The van der Waals surface area contributed by atoms with Crippen molar-refractivity contribution >= 4 is 40.4 Å². The Labute approximate surface area is 137 Å². The first kappa shape index (κ1) is 15.1. The average molecular weight is 329 g/mol. The minimum Gasteiger partial charge on any atom is -0.478 e. The Kier molecular flexibility index (Phi) is 3.80. The van der Waals surface area contributed by atoms with E-state index in [0.29, 0.717) is 27.5 Å². The van der Waals surface area contributed by atoms with E-state index in [9.17, 15) is 9.59 Å². The van der Waals surface area contributed by atoms with E-state index in [1.807, 2.05) is 0 Å². The maximum absolute atomic E-state index is 12.2. The van der Waals surface area contributed by atoms with Crippen LogP contribution in [-0.2, 0) is 4.79 Å². The number of aromatic carboxylic acids is 1. The van der Waals surface area contributed by atoms with Gasteiger partial charge in [0.1, 0.15) is 0 Å². The summed E-state index contributed by atoms with van der Waals surface area (Å²) in [6.45, 7) is 1.77. The van der Waals surface area contributed by atoms with Crippen LogP contribution in [-0.4, -0.2) is 17.0 Å². The summed E-state index contributed by atoms with van der Waals surface area (Å²) in [5, 5.41) is 15.6. The van der Waals surface area contributed by atoms with Gasteiger partial charge in [-0.05, 0) is 49.4 Å². The van der Waals surface area contributed by atoms with Gasteiger partial charge >= 0.3 is 5.97 Å². The van der Waals surface area contributed by atoms with Crippen LogP contribution in [0.2, 0.25) is 5.02 Å². The lowest BCUT2D eigenvalue weighted by Gasteiger charge is -2.10. The first-order chi connectivity index (χ1) is 11.0. The number of halogens is 1. The van der Waals surface area contributed by atoms with Crippen LogP contribution < -0.4 is 10.6 Å². The number of hydrogen-bond donors (Lipinski definition) is 3. The lowest BCUT2D eigenvalue weighted by molar-refractivity contribution is -0.110. The highest BCUT2D eigenvalue weighted by Gasteiger charge is 2.27. The van der Waals surface area contributed by atoms with Crippen LogP contribution >= 0.6 is 11.6 Å². The van der Waals surface area contributed by atoms with Gasteiger partial charge in [-0.3, -0.25) is 4.79 Å². The van der Waals surface area contributed by atoms with Gasteiger partial charge in [0.25, 0.3) is 5.91 Å². The zero-order valence-corrected chi connectivity index (χ0v) is 12.9. The fourth-order valence-corrected chi connectivity index (χ4v) is 2.61. The summed E-state index contributed by atoms with van der Waals surface area (Å²) in [5.74, 6) is -1.30. The molecule has 116 valence electrons. The molecule has 0 spiro atoms. The molecule has 2 aromatic rings. The van der Waals surface area contributed by atoms with E-state index in [1.165, 1.54) is 12.1 Å². The molecule has 1 amide bonds. The standard InChI is InChI=1S/C17H13ClN2O3/c1-9(19-12-5-3-11(18)4-6-12)15-13-8-10(17(22)23)2-7-14(13)20-16(15)21/h2-8,19H,1H3,(H,20,21)(H,22,23)/b15-9-. The zero-order chi connectivity index (χ0) is 16.6. The van der Waals surface area contributed by atoms with E-state index >= 15 is 0 Å². The molecule has 0 saturated heterocycles. The molecule has 2 aromatic carbocycles. The van der Waals surface area contributed by atoms with Crippen molar-refractivity contribution in [2.24, 2.45) is 0 Å². The van der Waals surface area contributed by atoms with Gasteiger partial charge in [0.2, 0.25) is 0 Å². The Hall–Kier alpha value is -2.79. The van der Waals surface area contributed by atoms with Gasteiger partial charge in [0, 0.05) is 27.7 Å². The van der Waals surface area contributed by atoms with Crippen molar-refractivity contribution in [1.29, 1.82) is 0 Å². The van der Waals surface area contributed by atoms with Gasteiger partial charge in [0.15, 0.2) is 0 Å². The lowest BCUT2D eigenvalue weighted by Crippen LogP contribution is -2.08. The molecule has 1 heterocycles. The first-order valence-electron chi connectivity index (χ1n) is 6.88. The van der Waals surface area contributed by atoms with Crippen LogP contribution in [0, 0.1) is 0 Å². The van der Waals surface area contributed by atoms with Crippen molar-refractivity contribution in [3.63, 3.8) is 0 Å². The third-order valence-electron chi connectivity index (χ3n) is 3.56. The fourth-order valence-electron chi connectivity index (χ4n) is 2.48. The highest BCUT2D eigenvalue weighted by Crippen LogP contribution is 2.34. The predicted molar refractivity (Wildman–Crippen MR) is 89.7 cm³/mol. The molecule has 0 bridgehead atoms. The van der Waals surface area contributed by atoms with Crippen LogP contribution in [0.4, 0.5) is 11.4 Å². The lowest BCUT2D eigenvalue weighted by atomic mass is 10.0. The minimum absolute atomic E-state index is 0.136. The molecule has 0 unspecified atom stereocenters. The number of nitrogens with one attached hydrogen (secondary N) is 2. The Morgan fingerprint density at radius 1 is 1.17 bits per heavy atom. The summed E-state index contributed by atoms with van der Waals surface area (Å²) < 4.78 is 0. The predicted octanol–water partition coefficient (Wildman–Crippen LogP) is 3.83. The Bertz CT molecular complexity index is 841. The van der Waals surface area contributed by atoms with E-state index in [1.54, 1.807) is 37.3 Å². The number of carboxylic acid groups (broad SMARTS) is 1. The summed E-state index contributed by atoms with van der Waals surface area (Å²) in [5.41, 5.74) is 3.16. The number of rotatable bonds is 3. The molecule has 3 N–H and O–H groups in total. The van der Waals surface area contributed by atoms with Gasteiger partial charge in [-0.1, -0.05) is 11.6 Å². The third-order valence-corrected chi connectivity index (χ3v) is 3.81. The van der Waals surface area contributed by atoms with Crippen LogP contribution in [0.1, 0.15) is 22.8 Å². The number of carbonyl (C=O) groups excluding carboxylic acids is 1. The Balaban J connectivity index is 2.02. The number of carbonyl (C=O) groups is 2. The number of anilines is 2. The third kappa shape index (κ3) is 2.91. The molecule has 0 radical (unpaired) electrons. The molecule has 0 saturated carbocycles. The highest BCUT2D eigenvalue weighted by atomic mass is 35.5. The summed E-state index contributed by atoms with van der Waals surface area (Å²) >= 11 is 5.85. The molecular weight excluding hydrogens is 316 g/mol. The Morgan fingerprint density at radius 3 is 2.52 bits per heavy atom. The second kappa shape index (κ2) is 5.78. The maximum Gasteiger partial charge on any atom is 0.335 e. The number of hydrogen-bond acceptors (Lipinski definition) is 3. The van der Waals surface area contributed by atoms with E-state index in [0.717, 1.165) is 5.69 Å². The minimum atomic E-state index is -1.03. The van der Waals surface area contributed by atoms with E-state index in [2.05, 4.69) is 10.6 Å². The van der Waals surface area contributed by atoms with Crippen molar-refractivity contribution in [2.45, 2.75) is 6.92 Å². The summed E-state index contributed by atoms with van der Waals surface area (Å²) in [6.07, 6.45) is 0. The first-order valence-corrected chi connectivity index (χ1v) is 7.26. The number of benzene rings is 2. The number of amides is 1. The molecule has 1 aliphatic heterocycles. The number of carboxylic acids is 1. The quantitative estimate of drug-likeness (QED) is 0.748. The molecule has 0 aromatic heterocycles. The molecule has 23 heavy (non-hydrogen) atoms. The largest absolute Gasteiger partial charge is 0.478 e. The number of fused-ring (bicyclic) bond motifs is 1. The molecule has 1 aliphatic rings. The Morgan fingerprint density at radius 2 is 1.87 bits per heavy atom. The van der Waals surface area contributed by atoms with E-state index in [-0.39, 0.29) is 11.5 Å². The van der Waals surface area contributed by atoms with Crippen LogP contribution in [0.5, 0.6) is 0 Å². The number of allylic oxidation sites excluding steroid dienone is 1. The van der Waals surface area contributed by atoms with E-state index < -0.39 is 5.97 Å². The SMILES string of the molecule is C/C(Nc1ccc(Cl)cc1)=C1/C(=O)Nc2ccc(C(=O)O)cc21. The molecule has 0 fully saturated rings. The van der Waals surface area contributed by atoms with Crippen molar-refractivity contribution in [3.8, 4) is 0 Å². The van der Waals surface area contributed by atoms with Gasteiger partial charge < -0.3 is 15.7 Å². The second-order valence-electron chi connectivity index (χ2n) is 5.15. The van der Waals surface area contributed by atoms with Gasteiger partial charge in [0.05, 0.1) is 11.1 Å². The van der Waals surface area contributed by atoms with Crippen molar-refractivity contribution in [2.75, 3.05) is 10.6 Å². The summed E-state index contributed by atoms with van der Waals surface area (Å²) in [7, 11) is 0. The topological polar surface area (TPSA) is 78.4 Å². The molecule has 3 rings (SSSR count).